The molecule has 2 rings (SSSR count). The average molecular weight is 280 g/mol. The summed E-state index contributed by atoms with van der Waals surface area (Å²) in [5, 5.41) is 6.06. The third-order valence-corrected chi connectivity index (χ3v) is 4.71. The van der Waals surface area contributed by atoms with Crippen LogP contribution in [0.5, 0.6) is 0 Å². The van der Waals surface area contributed by atoms with E-state index >= 15 is 0 Å². The molecular weight excluding hydrogens is 252 g/mol. The lowest BCUT2D eigenvalue weighted by Gasteiger charge is -2.26. The van der Waals surface area contributed by atoms with Crippen molar-refractivity contribution < 1.29 is 9.59 Å². The second-order valence-electron chi connectivity index (χ2n) is 6.42. The fraction of sp³-hybridized carbons (Fsp3) is 0.875. The zero-order chi connectivity index (χ0) is 14.4. The molecule has 0 aromatic heterocycles. The van der Waals surface area contributed by atoms with E-state index in [9.17, 15) is 9.59 Å². The van der Waals surface area contributed by atoms with Gasteiger partial charge >= 0.3 is 0 Å². The van der Waals surface area contributed by atoms with E-state index in [0.29, 0.717) is 12.0 Å². The van der Waals surface area contributed by atoms with Crippen LogP contribution < -0.4 is 10.6 Å². The van der Waals surface area contributed by atoms with Gasteiger partial charge in [-0.1, -0.05) is 38.5 Å². The normalized spacial score (nSPS) is 23.1. The maximum atomic E-state index is 12.5. The van der Waals surface area contributed by atoms with Gasteiger partial charge in [-0.05, 0) is 31.6 Å². The Bertz CT molecular complexity index is 329. The van der Waals surface area contributed by atoms with Gasteiger partial charge in [-0.2, -0.15) is 0 Å². The zero-order valence-electron chi connectivity index (χ0n) is 12.6. The summed E-state index contributed by atoms with van der Waals surface area (Å²) in [6.07, 6.45) is 11.6. The first-order valence-corrected chi connectivity index (χ1v) is 8.24. The molecule has 0 heterocycles. The lowest BCUT2D eigenvalue weighted by atomic mass is 9.96. The molecule has 2 amide bonds. The highest BCUT2D eigenvalue weighted by Gasteiger charge is 2.32. The third-order valence-electron chi connectivity index (χ3n) is 4.71. The second-order valence-corrected chi connectivity index (χ2v) is 6.42. The Kier molecular flexibility index (Phi) is 5.86. The summed E-state index contributed by atoms with van der Waals surface area (Å²) >= 11 is 0. The molecule has 0 aromatic carbocycles. The SMILES string of the molecule is CC(=O)NC(C(=O)NC1CCCCCC1)C1CCCC1. The monoisotopic (exact) mass is 280 g/mol. The van der Waals surface area contributed by atoms with Gasteiger partial charge in [0.25, 0.3) is 0 Å². The van der Waals surface area contributed by atoms with Gasteiger partial charge in [0.1, 0.15) is 6.04 Å². The molecule has 20 heavy (non-hydrogen) atoms. The van der Waals surface area contributed by atoms with E-state index in [1.54, 1.807) is 0 Å². The molecule has 0 bridgehead atoms. The lowest BCUT2D eigenvalue weighted by molar-refractivity contribution is -0.130. The van der Waals surface area contributed by atoms with Crippen LogP contribution in [0.3, 0.4) is 0 Å². The Labute approximate surface area is 122 Å². The van der Waals surface area contributed by atoms with Crippen molar-refractivity contribution in [3.8, 4) is 0 Å². The minimum atomic E-state index is -0.321. The number of amides is 2. The van der Waals surface area contributed by atoms with Crippen molar-refractivity contribution >= 4 is 11.8 Å². The summed E-state index contributed by atoms with van der Waals surface area (Å²) in [5.41, 5.74) is 0. The summed E-state index contributed by atoms with van der Waals surface area (Å²) in [4.78, 5) is 23.9. The van der Waals surface area contributed by atoms with Crippen molar-refractivity contribution in [3.05, 3.63) is 0 Å². The summed E-state index contributed by atoms with van der Waals surface area (Å²) < 4.78 is 0. The van der Waals surface area contributed by atoms with E-state index in [-0.39, 0.29) is 17.9 Å². The Morgan fingerprint density at radius 3 is 2.00 bits per heavy atom. The zero-order valence-corrected chi connectivity index (χ0v) is 12.6. The summed E-state index contributed by atoms with van der Waals surface area (Å²) in [6.45, 7) is 1.50. The molecule has 2 saturated carbocycles. The molecule has 2 aliphatic rings. The van der Waals surface area contributed by atoms with Crippen LogP contribution in [-0.2, 0) is 9.59 Å². The van der Waals surface area contributed by atoms with Gasteiger partial charge in [0, 0.05) is 13.0 Å². The average Bonchev–Trinajstić information content (AvgIpc) is 2.81. The topological polar surface area (TPSA) is 58.2 Å². The van der Waals surface area contributed by atoms with Gasteiger partial charge in [-0.15, -0.1) is 0 Å². The molecule has 0 saturated heterocycles. The quantitative estimate of drug-likeness (QED) is 0.777. The highest BCUT2D eigenvalue weighted by Crippen LogP contribution is 2.28. The van der Waals surface area contributed by atoms with Crippen LogP contribution in [0.2, 0.25) is 0 Å². The summed E-state index contributed by atoms with van der Waals surface area (Å²) in [7, 11) is 0. The molecule has 2 fully saturated rings. The third kappa shape index (κ3) is 4.50. The van der Waals surface area contributed by atoms with E-state index in [1.807, 2.05) is 0 Å². The molecule has 114 valence electrons. The molecule has 0 aromatic rings. The van der Waals surface area contributed by atoms with E-state index < -0.39 is 0 Å². The molecule has 1 unspecified atom stereocenters. The maximum Gasteiger partial charge on any atom is 0.243 e. The van der Waals surface area contributed by atoms with Crippen molar-refractivity contribution in [2.75, 3.05) is 0 Å². The van der Waals surface area contributed by atoms with Gasteiger partial charge < -0.3 is 10.6 Å². The minimum absolute atomic E-state index is 0.0407. The molecule has 2 N–H and O–H groups in total. The predicted molar refractivity (Wildman–Crippen MR) is 79.2 cm³/mol. The first kappa shape index (κ1) is 15.3. The van der Waals surface area contributed by atoms with Crippen LogP contribution in [0, 0.1) is 5.92 Å². The molecule has 0 aliphatic heterocycles. The fourth-order valence-electron chi connectivity index (χ4n) is 3.62. The van der Waals surface area contributed by atoms with Crippen molar-refractivity contribution in [3.63, 3.8) is 0 Å². The van der Waals surface area contributed by atoms with Gasteiger partial charge in [0.15, 0.2) is 0 Å². The number of nitrogens with one attached hydrogen (secondary N) is 2. The van der Waals surface area contributed by atoms with Crippen molar-refractivity contribution in [1.82, 2.24) is 10.6 Å². The Hall–Kier alpha value is -1.06. The number of hydrogen-bond acceptors (Lipinski definition) is 2. The van der Waals surface area contributed by atoms with Crippen LogP contribution in [0.4, 0.5) is 0 Å². The van der Waals surface area contributed by atoms with Crippen LogP contribution >= 0.6 is 0 Å². The van der Waals surface area contributed by atoms with E-state index in [4.69, 9.17) is 0 Å². The number of rotatable bonds is 4. The molecule has 1 atom stereocenters. The maximum absolute atomic E-state index is 12.5. The number of hydrogen-bond donors (Lipinski definition) is 2. The highest BCUT2D eigenvalue weighted by atomic mass is 16.2. The Morgan fingerprint density at radius 1 is 0.900 bits per heavy atom. The first-order valence-electron chi connectivity index (χ1n) is 8.24. The Balaban J connectivity index is 1.92. The highest BCUT2D eigenvalue weighted by molar-refractivity contribution is 5.87. The van der Waals surface area contributed by atoms with Gasteiger partial charge in [0.05, 0.1) is 0 Å². The van der Waals surface area contributed by atoms with Crippen LogP contribution in [0.1, 0.15) is 71.1 Å². The van der Waals surface area contributed by atoms with Crippen molar-refractivity contribution in [1.29, 1.82) is 0 Å². The first-order chi connectivity index (χ1) is 9.66. The van der Waals surface area contributed by atoms with Crippen molar-refractivity contribution in [2.45, 2.75) is 83.2 Å². The molecule has 0 spiro atoms. The van der Waals surface area contributed by atoms with Crippen LogP contribution in [0.15, 0.2) is 0 Å². The van der Waals surface area contributed by atoms with Gasteiger partial charge in [-0.25, -0.2) is 0 Å². The standard InChI is InChI=1S/C16H28N2O2/c1-12(19)17-15(13-8-6-7-9-13)16(20)18-14-10-4-2-3-5-11-14/h13-15H,2-11H2,1H3,(H,17,19)(H,18,20). The Morgan fingerprint density at radius 2 is 1.45 bits per heavy atom. The predicted octanol–water partition coefficient (Wildman–Crippen LogP) is 2.52. The van der Waals surface area contributed by atoms with Gasteiger partial charge in [0.2, 0.25) is 11.8 Å². The van der Waals surface area contributed by atoms with Crippen molar-refractivity contribution in [2.24, 2.45) is 5.92 Å². The van der Waals surface area contributed by atoms with Crippen LogP contribution in [0.25, 0.3) is 0 Å². The lowest BCUT2D eigenvalue weighted by Crippen LogP contribution is -2.52. The summed E-state index contributed by atoms with van der Waals surface area (Å²) in [5.74, 6) is 0.265. The molecule has 2 aliphatic carbocycles. The molecule has 0 radical (unpaired) electrons. The summed E-state index contributed by atoms with van der Waals surface area (Å²) in [6, 6.07) is -0.0130. The second kappa shape index (κ2) is 7.65. The van der Waals surface area contributed by atoms with E-state index in [2.05, 4.69) is 10.6 Å². The molecule has 4 nitrogen and oxygen atoms in total. The smallest absolute Gasteiger partial charge is 0.243 e. The molecule has 4 heteroatoms. The van der Waals surface area contributed by atoms with Gasteiger partial charge in [-0.3, -0.25) is 9.59 Å². The largest absolute Gasteiger partial charge is 0.352 e. The number of carbonyl (C=O) groups excluding carboxylic acids is 2. The van der Waals surface area contributed by atoms with E-state index in [0.717, 1.165) is 25.7 Å². The number of carbonyl (C=O) groups is 2. The molecular formula is C16H28N2O2. The fourth-order valence-corrected chi connectivity index (χ4v) is 3.62. The van der Waals surface area contributed by atoms with Crippen LogP contribution in [-0.4, -0.2) is 23.9 Å². The minimum Gasteiger partial charge on any atom is -0.352 e. The van der Waals surface area contributed by atoms with E-state index in [1.165, 1.54) is 45.4 Å².